The summed E-state index contributed by atoms with van der Waals surface area (Å²) in [7, 11) is 0. The van der Waals surface area contributed by atoms with Crippen LogP contribution >= 0.6 is 0 Å². The lowest BCUT2D eigenvalue weighted by molar-refractivity contribution is 0.0761. The van der Waals surface area contributed by atoms with Crippen LogP contribution in [0.15, 0.2) is 29.0 Å². The van der Waals surface area contributed by atoms with E-state index in [9.17, 15) is 4.79 Å². The fourth-order valence-electron chi connectivity index (χ4n) is 3.45. The van der Waals surface area contributed by atoms with Gasteiger partial charge in [-0.2, -0.15) is 10.1 Å². The van der Waals surface area contributed by atoms with Gasteiger partial charge in [-0.3, -0.25) is 4.79 Å². The minimum atomic E-state index is 0.0558. The number of rotatable bonds is 4. The summed E-state index contributed by atoms with van der Waals surface area (Å²) in [6, 6.07) is 3.71. The Hall–Kier alpha value is -3.03. The van der Waals surface area contributed by atoms with Crippen LogP contribution in [-0.2, 0) is 6.42 Å². The number of hydrogen-bond acceptors (Lipinski definition) is 6. The number of aryl methyl sites for hydroxylation is 1. The highest BCUT2D eigenvalue weighted by molar-refractivity contribution is 5.95. The summed E-state index contributed by atoms with van der Waals surface area (Å²) in [5.74, 6) is 1.82. The van der Waals surface area contributed by atoms with Gasteiger partial charge < -0.3 is 9.42 Å². The van der Waals surface area contributed by atoms with Crippen molar-refractivity contribution in [2.24, 2.45) is 0 Å². The van der Waals surface area contributed by atoms with Gasteiger partial charge in [0.25, 0.3) is 11.8 Å². The molecule has 0 radical (unpaired) electrons. The monoisotopic (exact) mass is 380 g/mol. The summed E-state index contributed by atoms with van der Waals surface area (Å²) in [5, 5.41) is 8.31. The first-order chi connectivity index (χ1) is 13.7. The largest absolute Gasteiger partial charge is 0.339 e. The number of nitrogens with zero attached hydrogens (tertiary/aromatic N) is 6. The van der Waals surface area contributed by atoms with Crippen LogP contribution in [0, 0.1) is 6.92 Å². The van der Waals surface area contributed by atoms with Crippen molar-refractivity contribution in [1.29, 1.82) is 0 Å². The summed E-state index contributed by atoms with van der Waals surface area (Å²) in [6.07, 6.45) is 8.56. The Kier molecular flexibility index (Phi) is 5.18. The summed E-state index contributed by atoms with van der Waals surface area (Å²) >= 11 is 0. The number of carbonyl (C=O) groups excluding carboxylic acids is 1. The first-order valence-electron chi connectivity index (χ1n) is 9.80. The quantitative estimate of drug-likeness (QED) is 0.690. The van der Waals surface area contributed by atoms with Gasteiger partial charge in [0, 0.05) is 25.7 Å². The van der Waals surface area contributed by atoms with Gasteiger partial charge in [-0.25, -0.2) is 9.67 Å². The molecule has 0 saturated carbocycles. The lowest BCUT2D eigenvalue weighted by atomic mass is 10.2. The second-order valence-corrected chi connectivity index (χ2v) is 7.04. The van der Waals surface area contributed by atoms with Crippen molar-refractivity contribution in [3.63, 3.8) is 0 Å². The molecule has 0 aromatic carbocycles. The highest BCUT2D eigenvalue weighted by atomic mass is 16.5. The lowest BCUT2D eigenvalue weighted by Crippen LogP contribution is -2.32. The van der Waals surface area contributed by atoms with E-state index in [1.165, 1.54) is 12.8 Å². The van der Waals surface area contributed by atoms with Gasteiger partial charge in [0.1, 0.15) is 0 Å². The molecule has 1 amide bonds. The standard InChI is InChI=1S/C20H24N6O2/c1-3-17-23-19(28-24-17)15-8-9-18(21-12-15)26-14(2)16(13-22-26)20(27)25-10-6-4-5-7-11-25/h8-9,12-13H,3-7,10-11H2,1-2H3. The van der Waals surface area contributed by atoms with Gasteiger partial charge in [0.2, 0.25) is 0 Å². The lowest BCUT2D eigenvalue weighted by Gasteiger charge is -2.19. The highest BCUT2D eigenvalue weighted by Crippen LogP contribution is 2.20. The Bertz CT molecular complexity index is 951. The molecule has 3 aromatic rings. The van der Waals surface area contributed by atoms with E-state index in [-0.39, 0.29) is 5.91 Å². The van der Waals surface area contributed by atoms with Crippen molar-refractivity contribution in [3.8, 4) is 17.3 Å². The Morgan fingerprint density at radius 3 is 2.57 bits per heavy atom. The third-order valence-electron chi connectivity index (χ3n) is 5.13. The SMILES string of the molecule is CCc1noc(-c2ccc(-n3ncc(C(=O)N4CCCCCC4)c3C)nc2)n1. The van der Waals surface area contributed by atoms with E-state index in [1.54, 1.807) is 17.1 Å². The second kappa shape index (κ2) is 7.92. The van der Waals surface area contributed by atoms with Gasteiger partial charge >= 0.3 is 0 Å². The van der Waals surface area contributed by atoms with Crippen LogP contribution in [0.1, 0.15) is 54.5 Å². The summed E-state index contributed by atoms with van der Waals surface area (Å²) < 4.78 is 6.94. The maximum absolute atomic E-state index is 12.9. The number of amides is 1. The average Bonchev–Trinajstić information content (AvgIpc) is 3.26. The third-order valence-corrected chi connectivity index (χ3v) is 5.13. The Labute approximate surface area is 163 Å². The van der Waals surface area contributed by atoms with Crippen LogP contribution in [0.2, 0.25) is 0 Å². The molecule has 0 bridgehead atoms. The molecule has 146 valence electrons. The van der Waals surface area contributed by atoms with Crippen LogP contribution in [0.25, 0.3) is 17.3 Å². The number of likely N-dealkylation sites (tertiary alicyclic amines) is 1. The molecule has 0 aliphatic carbocycles. The summed E-state index contributed by atoms with van der Waals surface area (Å²) in [6.45, 7) is 5.51. The summed E-state index contributed by atoms with van der Waals surface area (Å²) in [4.78, 5) is 23.6. The zero-order chi connectivity index (χ0) is 19.5. The fraction of sp³-hybridized carbons (Fsp3) is 0.450. The van der Waals surface area contributed by atoms with Crippen molar-refractivity contribution in [2.75, 3.05) is 13.1 Å². The predicted molar refractivity (Wildman–Crippen MR) is 103 cm³/mol. The maximum atomic E-state index is 12.9. The number of carbonyl (C=O) groups is 1. The molecule has 1 fully saturated rings. The molecule has 8 heteroatoms. The first kappa shape index (κ1) is 18.3. The van der Waals surface area contributed by atoms with E-state index < -0.39 is 0 Å². The van der Waals surface area contributed by atoms with Crippen molar-refractivity contribution < 1.29 is 9.32 Å². The van der Waals surface area contributed by atoms with Crippen molar-refractivity contribution >= 4 is 5.91 Å². The van der Waals surface area contributed by atoms with E-state index in [0.29, 0.717) is 23.1 Å². The topological polar surface area (TPSA) is 89.9 Å². The summed E-state index contributed by atoms with van der Waals surface area (Å²) in [5.41, 5.74) is 2.18. The second-order valence-electron chi connectivity index (χ2n) is 7.04. The fourth-order valence-corrected chi connectivity index (χ4v) is 3.45. The van der Waals surface area contributed by atoms with Gasteiger partial charge in [0.15, 0.2) is 11.6 Å². The Balaban J connectivity index is 1.55. The normalized spacial score (nSPS) is 14.9. The minimum absolute atomic E-state index is 0.0558. The number of pyridine rings is 1. The predicted octanol–water partition coefficient (Wildman–Crippen LogP) is 3.20. The van der Waals surface area contributed by atoms with Crippen LogP contribution in [-0.4, -0.2) is 48.8 Å². The molecule has 0 unspecified atom stereocenters. The molecule has 1 aliphatic rings. The molecule has 0 atom stereocenters. The number of hydrogen-bond donors (Lipinski definition) is 0. The molecule has 1 aliphatic heterocycles. The van der Waals surface area contributed by atoms with E-state index in [2.05, 4.69) is 20.2 Å². The minimum Gasteiger partial charge on any atom is -0.339 e. The zero-order valence-electron chi connectivity index (χ0n) is 16.3. The molecular formula is C20H24N6O2. The molecule has 3 aromatic heterocycles. The molecule has 0 spiro atoms. The van der Waals surface area contributed by atoms with E-state index in [0.717, 1.165) is 43.6 Å². The van der Waals surface area contributed by atoms with Crippen molar-refractivity contribution in [1.82, 2.24) is 29.8 Å². The van der Waals surface area contributed by atoms with E-state index in [1.807, 2.05) is 30.9 Å². The molecule has 1 saturated heterocycles. The first-order valence-corrected chi connectivity index (χ1v) is 9.80. The van der Waals surface area contributed by atoms with Crippen LogP contribution in [0.5, 0.6) is 0 Å². The Morgan fingerprint density at radius 2 is 1.93 bits per heavy atom. The molecule has 0 N–H and O–H groups in total. The van der Waals surface area contributed by atoms with E-state index >= 15 is 0 Å². The smallest absolute Gasteiger partial charge is 0.259 e. The number of aromatic nitrogens is 5. The van der Waals surface area contributed by atoms with Crippen molar-refractivity contribution in [3.05, 3.63) is 41.6 Å². The van der Waals surface area contributed by atoms with Gasteiger partial charge in [-0.1, -0.05) is 24.9 Å². The van der Waals surface area contributed by atoms with Gasteiger partial charge in [0.05, 0.1) is 23.0 Å². The van der Waals surface area contributed by atoms with Crippen molar-refractivity contribution in [2.45, 2.75) is 46.0 Å². The van der Waals surface area contributed by atoms with Crippen LogP contribution < -0.4 is 0 Å². The Morgan fingerprint density at radius 1 is 1.14 bits per heavy atom. The van der Waals surface area contributed by atoms with Gasteiger partial charge in [-0.05, 0) is 31.9 Å². The molecule has 28 heavy (non-hydrogen) atoms. The van der Waals surface area contributed by atoms with Crippen LogP contribution in [0.4, 0.5) is 0 Å². The van der Waals surface area contributed by atoms with Crippen LogP contribution in [0.3, 0.4) is 0 Å². The molecule has 4 rings (SSSR count). The maximum Gasteiger partial charge on any atom is 0.259 e. The highest BCUT2D eigenvalue weighted by Gasteiger charge is 2.22. The van der Waals surface area contributed by atoms with E-state index in [4.69, 9.17) is 4.52 Å². The average molecular weight is 380 g/mol. The van der Waals surface area contributed by atoms with Gasteiger partial charge in [-0.15, -0.1) is 0 Å². The third kappa shape index (κ3) is 3.54. The molecule has 8 nitrogen and oxygen atoms in total. The molecule has 4 heterocycles. The zero-order valence-corrected chi connectivity index (χ0v) is 16.3. The molecular weight excluding hydrogens is 356 g/mol.